The van der Waals surface area contributed by atoms with Crippen molar-refractivity contribution >= 4 is 10.2 Å². The molecule has 0 saturated heterocycles. The molecule has 0 spiro atoms. The second-order valence-electron chi connectivity index (χ2n) is 3.04. The van der Waals surface area contributed by atoms with Gasteiger partial charge >= 0.3 is 0 Å². The van der Waals surface area contributed by atoms with Crippen LogP contribution in [0.3, 0.4) is 0 Å². The summed E-state index contributed by atoms with van der Waals surface area (Å²) in [7, 11) is 3.34. The fourth-order valence-electron chi connectivity index (χ4n) is 1.45. The molecule has 2 heteroatoms. The number of hydrogen-bond acceptors (Lipinski definition) is 1. The van der Waals surface area contributed by atoms with Crippen LogP contribution in [0, 0.1) is 0 Å². The molecule has 1 unspecified atom stereocenters. The molecule has 1 aromatic rings. The molecule has 0 saturated carbocycles. The van der Waals surface area contributed by atoms with E-state index in [2.05, 4.69) is 35.6 Å². The normalized spacial score (nSPS) is 13.1. The first-order valence-electron chi connectivity index (χ1n) is 4.60. The Morgan fingerprint density at radius 3 is 2.50 bits per heavy atom. The first kappa shape index (κ1) is 9.48. The Balaban J connectivity index is 2.66. The molecule has 1 N–H and O–H groups in total. The Bertz CT molecular complexity index is 210. The molecule has 0 heterocycles. The van der Waals surface area contributed by atoms with Crippen LogP contribution in [-0.2, 0) is 0 Å². The topological polar surface area (TPSA) is 12.0 Å². The van der Waals surface area contributed by atoms with E-state index in [-0.39, 0.29) is 0 Å². The molecule has 1 aromatic carbocycles. The van der Waals surface area contributed by atoms with Gasteiger partial charge in [-0.1, -0.05) is 36.4 Å². The predicted octanol–water partition coefficient (Wildman–Crippen LogP) is 1.12. The maximum Gasteiger partial charge on any atom is 0.0314 e. The van der Waals surface area contributed by atoms with Gasteiger partial charge in [-0.3, -0.25) is 0 Å². The predicted molar refractivity (Wildman–Crippen MR) is 57.6 cm³/mol. The van der Waals surface area contributed by atoms with Gasteiger partial charge in [0.1, 0.15) is 0 Å². The van der Waals surface area contributed by atoms with Gasteiger partial charge in [-0.15, -0.1) is 0 Å². The van der Waals surface area contributed by atoms with Gasteiger partial charge < -0.3 is 5.32 Å². The van der Waals surface area contributed by atoms with E-state index in [4.69, 9.17) is 0 Å². The van der Waals surface area contributed by atoms with E-state index in [1.54, 1.807) is 0 Å². The van der Waals surface area contributed by atoms with E-state index in [0.717, 1.165) is 0 Å². The number of benzene rings is 1. The lowest BCUT2D eigenvalue weighted by atomic mass is 10.1. The number of nitrogens with one attached hydrogen (secondary N) is 1. The number of rotatable bonds is 4. The fourth-order valence-corrected chi connectivity index (χ4v) is 2.03. The Hall–Kier alpha value is -0.603. The zero-order valence-corrected chi connectivity index (χ0v) is 9.88. The third-order valence-electron chi connectivity index (χ3n) is 2.13. The molecule has 1 nitrogen and oxygen atoms in total. The molecule has 0 aliphatic heterocycles. The van der Waals surface area contributed by atoms with Gasteiger partial charge in [0.05, 0.1) is 0 Å². The van der Waals surface area contributed by atoms with Gasteiger partial charge in [0.2, 0.25) is 0 Å². The molecule has 0 fully saturated rings. The summed E-state index contributed by atoms with van der Waals surface area (Å²) in [5.74, 6) is 0. The minimum Gasteiger partial charge on any atom is -0.313 e. The van der Waals surface area contributed by atoms with Crippen molar-refractivity contribution in [2.75, 3.05) is 7.05 Å². The molecule has 0 aromatic heterocycles. The lowest BCUT2D eigenvalue weighted by molar-refractivity contribution is 0.577. The zero-order chi connectivity index (χ0) is 8.81. The van der Waals surface area contributed by atoms with Crippen LogP contribution in [0.5, 0.6) is 0 Å². The second kappa shape index (κ2) is 5.12. The first-order chi connectivity index (χ1) is 5.88. The summed E-state index contributed by atoms with van der Waals surface area (Å²) in [6.45, 7) is 0. The van der Waals surface area contributed by atoms with Crippen molar-refractivity contribution in [2.45, 2.75) is 18.5 Å². The molecule has 1 atom stereocenters. The molecular weight excluding hydrogens is 162 g/mol. The highest BCUT2D eigenvalue weighted by atomic mass is 28.1. The molecule has 0 radical (unpaired) electrons. The Morgan fingerprint density at radius 2 is 2.00 bits per heavy atom. The molecule has 0 aliphatic rings. The highest BCUT2D eigenvalue weighted by Crippen LogP contribution is 2.16. The summed E-state index contributed by atoms with van der Waals surface area (Å²) in [4.78, 5) is 0. The molecule has 1 rings (SSSR count). The average molecular weight is 179 g/mol. The van der Waals surface area contributed by atoms with Crippen molar-refractivity contribution in [1.82, 2.24) is 5.32 Å². The average Bonchev–Trinajstić information content (AvgIpc) is 2.15. The monoisotopic (exact) mass is 179 g/mol. The maximum absolute atomic E-state index is 3.34. The van der Waals surface area contributed by atoms with Crippen LogP contribution in [0.1, 0.15) is 18.0 Å². The standard InChI is InChI=1S/C10H17NSi/c1-11-10(7-8-12)9-5-3-2-4-6-9/h2-6,10-11H,7-8H2,1,12H3. The lowest BCUT2D eigenvalue weighted by Crippen LogP contribution is -2.15. The molecule has 0 amide bonds. The highest BCUT2D eigenvalue weighted by molar-refractivity contribution is 6.08. The van der Waals surface area contributed by atoms with E-state index < -0.39 is 0 Å². The zero-order valence-electron chi connectivity index (χ0n) is 7.88. The summed E-state index contributed by atoms with van der Waals surface area (Å²) in [5, 5.41) is 3.34. The molecule has 12 heavy (non-hydrogen) atoms. The third kappa shape index (κ3) is 2.46. The van der Waals surface area contributed by atoms with Crippen LogP contribution < -0.4 is 5.32 Å². The van der Waals surface area contributed by atoms with Crippen molar-refractivity contribution in [1.29, 1.82) is 0 Å². The van der Waals surface area contributed by atoms with Gasteiger partial charge in [0.15, 0.2) is 0 Å². The fraction of sp³-hybridized carbons (Fsp3) is 0.400. The van der Waals surface area contributed by atoms with Crippen molar-refractivity contribution in [3.63, 3.8) is 0 Å². The second-order valence-corrected chi connectivity index (χ2v) is 4.04. The van der Waals surface area contributed by atoms with Crippen LogP contribution in [0.15, 0.2) is 30.3 Å². The minimum atomic E-state index is 0.559. The van der Waals surface area contributed by atoms with Crippen LogP contribution in [-0.4, -0.2) is 17.3 Å². The Labute approximate surface area is 77.6 Å². The van der Waals surface area contributed by atoms with E-state index in [9.17, 15) is 0 Å². The van der Waals surface area contributed by atoms with Crippen molar-refractivity contribution in [2.24, 2.45) is 0 Å². The molecule has 0 aliphatic carbocycles. The first-order valence-corrected chi connectivity index (χ1v) is 6.02. The largest absolute Gasteiger partial charge is 0.313 e. The van der Waals surface area contributed by atoms with Gasteiger partial charge in [0, 0.05) is 16.3 Å². The molecule has 0 bridgehead atoms. The van der Waals surface area contributed by atoms with E-state index in [1.807, 2.05) is 7.05 Å². The summed E-state index contributed by atoms with van der Waals surface area (Å²) in [6, 6.07) is 12.6. The van der Waals surface area contributed by atoms with E-state index >= 15 is 0 Å². The van der Waals surface area contributed by atoms with Crippen LogP contribution in [0.2, 0.25) is 6.04 Å². The maximum atomic E-state index is 3.34. The summed E-state index contributed by atoms with van der Waals surface area (Å²) in [5.41, 5.74) is 1.41. The molecular formula is C10H17NSi. The van der Waals surface area contributed by atoms with Crippen molar-refractivity contribution in [3.05, 3.63) is 35.9 Å². The Morgan fingerprint density at radius 1 is 1.33 bits per heavy atom. The minimum absolute atomic E-state index is 0.559. The highest BCUT2D eigenvalue weighted by Gasteiger charge is 2.05. The van der Waals surface area contributed by atoms with E-state index in [1.165, 1.54) is 28.3 Å². The van der Waals surface area contributed by atoms with Gasteiger partial charge in [0.25, 0.3) is 0 Å². The van der Waals surface area contributed by atoms with Gasteiger partial charge in [-0.05, 0) is 19.0 Å². The van der Waals surface area contributed by atoms with Crippen LogP contribution in [0.4, 0.5) is 0 Å². The van der Waals surface area contributed by atoms with Crippen molar-refractivity contribution < 1.29 is 0 Å². The van der Waals surface area contributed by atoms with Crippen LogP contribution >= 0.6 is 0 Å². The number of hydrogen-bond donors (Lipinski definition) is 1. The van der Waals surface area contributed by atoms with Gasteiger partial charge in [-0.2, -0.15) is 0 Å². The van der Waals surface area contributed by atoms with E-state index in [0.29, 0.717) is 6.04 Å². The van der Waals surface area contributed by atoms with Gasteiger partial charge in [-0.25, -0.2) is 0 Å². The summed E-state index contributed by atoms with van der Waals surface area (Å²) in [6.07, 6.45) is 1.27. The lowest BCUT2D eigenvalue weighted by Gasteiger charge is -2.14. The molecule has 66 valence electrons. The SMILES string of the molecule is CNC(CC[SiH3])c1ccccc1. The quantitative estimate of drug-likeness (QED) is 0.683. The summed E-state index contributed by atoms with van der Waals surface area (Å²) >= 11 is 0. The van der Waals surface area contributed by atoms with Crippen LogP contribution in [0.25, 0.3) is 0 Å². The smallest absolute Gasteiger partial charge is 0.0314 e. The summed E-state index contributed by atoms with van der Waals surface area (Å²) < 4.78 is 0. The Kier molecular flexibility index (Phi) is 4.04. The van der Waals surface area contributed by atoms with Crippen molar-refractivity contribution in [3.8, 4) is 0 Å². The third-order valence-corrected chi connectivity index (χ3v) is 2.71.